The minimum atomic E-state index is 0.156. The average Bonchev–Trinajstić information content (AvgIpc) is 2.87. The summed E-state index contributed by atoms with van der Waals surface area (Å²) >= 11 is 0. The second-order valence-corrected chi connectivity index (χ2v) is 4.15. The number of aromatic nitrogens is 3. The molecule has 0 atom stereocenters. The standard InChI is InChI=1S/C13H12N6O/c14-19-8-16-18-13(19)17-15-7-11-10-4-2-1-3-9(10)5-6-12(11)20/h1-8,20H,14H2,(H,17,18)/b15-7-. The lowest BCUT2D eigenvalue weighted by Gasteiger charge is -2.04. The number of hydrogen-bond donors (Lipinski definition) is 3. The van der Waals surface area contributed by atoms with Crippen molar-refractivity contribution < 1.29 is 5.11 Å². The fourth-order valence-corrected chi connectivity index (χ4v) is 1.90. The number of fused-ring (bicyclic) bond motifs is 1. The minimum absolute atomic E-state index is 0.156. The predicted molar refractivity (Wildman–Crippen MR) is 77.0 cm³/mol. The monoisotopic (exact) mass is 268 g/mol. The summed E-state index contributed by atoms with van der Waals surface area (Å²) < 4.78 is 1.21. The van der Waals surface area contributed by atoms with E-state index in [4.69, 9.17) is 5.84 Å². The van der Waals surface area contributed by atoms with Gasteiger partial charge in [0, 0.05) is 5.56 Å². The van der Waals surface area contributed by atoms with Crippen molar-refractivity contribution in [2.45, 2.75) is 0 Å². The van der Waals surface area contributed by atoms with Gasteiger partial charge in [0.25, 0.3) is 5.95 Å². The Bertz CT molecular complexity index is 779. The molecule has 0 saturated carbocycles. The fourth-order valence-electron chi connectivity index (χ4n) is 1.90. The summed E-state index contributed by atoms with van der Waals surface area (Å²) in [6.07, 6.45) is 2.87. The van der Waals surface area contributed by atoms with E-state index >= 15 is 0 Å². The van der Waals surface area contributed by atoms with Crippen LogP contribution in [0.5, 0.6) is 5.75 Å². The fraction of sp³-hybridized carbons (Fsp3) is 0. The molecule has 3 rings (SSSR count). The molecule has 0 bridgehead atoms. The van der Waals surface area contributed by atoms with Crippen molar-refractivity contribution in [3.63, 3.8) is 0 Å². The molecule has 100 valence electrons. The maximum absolute atomic E-state index is 9.94. The zero-order chi connectivity index (χ0) is 13.9. The number of hydrazone groups is 1. The van der Waals surface area contributed by atoms with Crippen LogP contribution in [0.25, 0.3) is 10.8 Å². The highest BCUT2D eigenvalue weighted by molar-refractivity contribution is 6.02. The van der Waals surface area contributed by atoms with Gasteiger partial charge < -0.3 is 10.9 Å². The van der Waals surface area contributed by atoms with Crippen LogP contribution in [0.4, 0.5) is 5.95 Å². The molecule has 0 fully saturated rings. The summed E-state index contributed by atoms with van der Waals surface area (Å²) in [5.41, 5.74) is 3.28. The zero-order valence-electron chi connectivity index (χ0n) is 10.4. The van der Waals surface area contributed by atoms with Gasteiger partial charge in [0.15, 0.2) is 0 Å². The van der Waals surface area contributed by atoms with Gasteiger partial charge in [0.2, 0.25) is 0 Å². The number of nitrogens with one attached hydrogen (secondary N) is 1. The Kier molecular flexibility index (Phi) is 2.92. The molecule has 0 aliphatic heterocycles. The van der Waals surface area contributed by atoms with Gasteiger partial charge in [-0.15, -0.1) is 10.2 Å². The van der Waals surface area contributed by atoms with Crippen LogP contribution in [0.15, 0.2) is 47.8 Å². The lowest BCUT2D eigenvalue weighted by Crippen LogP contribution is -2.10. The van der Waals surface area contributed by atoms with E-state index in [9.17, 15) is 5.11 Å². The molecular weight excluding hydrogens is 256 g/mol. The number of phenols is 1. The molecule has 0 spiro atoms. The smallest absolute Gasteiger partial charge is 0.263 e. The minimum Gasteiger partial charge on any atom is -0.507 e. The highest BCUT2D eigenvalue weighted by atomic mass is 16.3. The summed E-state index contributed by atoms with van der Waals surface area (Å²) in [4.78, 5) is 0. The van der Waals surface area contributed by atoms with Crippen LogP contribution in [0, 0.1) is 0 Å². The first kappa shape index (κ1) is 12.0. The Balaban J connectivity index is 1.94. The second-order valence-electron chi connectivity index (χ2n) is 4.15. The van der Waals surface area contributed by atoms with Gasteiger partial charge in [0.1, 0.15) is 12.1 Å². The van der Waals surface area contributed by atoms with Crippen LogP contribution in [-0.4, -0.2) is 26.2 Å². The molecule has 3 aromatic rings. The molecule has 20 heavy (non-hydrogen) atoms. The third-order valence-corrected chi connectivity index (χ3v) is 2.88. The summed E-state index contributed by atoms with van der Waals surface area (Å²) in [5, 5.41) is 23.2. The molecule has 0 aliphatic rings. The predicted octanol–water partition coefficient (Wildman–Crippen LogP) is 1.30. The lowest BCUT2D eigenvalue weighted by atomic mass is 10.0. The van der Waals surface area contributed by atoms with Gasteiger partial charge >= 0.3 is 0 Å². The average molecular weight is 268 g/mol. The Morgan fingerprint density at radius 3 is 2.90 bits per heavy atom. The van der Waals surface area contributed by atoms with Crippen LogP contribution in [0.2, 0.25) is 0 Å². The van der Waals surface area contributed by atoms with Crippen molar-refractivity contribution in [2.75, 3.05) is 11.3 Å². The molecule has 0 amide bonds. The number of hydrogen-bond acceptors (Lipinski definition) is 6. The Morgan fingerprint density at radius 1 is 1.25 bits per heavy atom. The second kappa shape index (κ2) is 4.88. The first-order chi connectivity index (χ1) is 9.75. The Morgan fingerprint density at radius 2 is 2.10 bits per heavy atom. The number of nitrogen functional groups attached to an aromatic ring is 1. The van der Waals surface area contributed by atoms with E-state index in [0.717, 1.165) is 10.8 Å². The molecular formula is C13H12N6O. The highest BCUT2D eigenvalue weighted by Crippen LogP contribution is 2.25. The van der Waals surface area contributed by atoms with Crippen LogP contribution >= 0.6 is 0 Å². The van der Waals surface area contributed by atoms with Crippen molar-refractivity contribution in [3.8, 4) is 5.75 Å². The normalized spacial score (nSPS) is 11.2. The number of aromatic hydroxyl groups is 1. The van der Waals surface area contributed by atoms with Crippen LogP contribution < -0.4 is 11.3 Å². The Labute approximate surface area is 114 Å². The molecule has 7 heteroatoms. The molecule has 1 heterocycles. The molecule has 2 aromatic carbocycles. The number of rotatable bonds is 3. The van der Waals surface area contributed by atoms with Crippen LogP contribution in [0.1, 0.15) is 5.56 Å². The largest absolute Gasteiger partial charge is 0.507 e. The number of benzene rings is 2. The Hall–Kier alpha value is -3.09. The molecule has 7 nitrogen and oxygen atoms in total. The van der Waals surface area contributed by atoms with Gasteiger partial charge in [-0.25, -0.2) is 10.1 Å². The van der Waals surface area contributed by atoms with E-state index in [1.54, 1.807) is 6.07 Å². The summed E-state index contributed by atoms with van der Waals surface area (Å²) in [5.74, 6) is 6.01. The van der Waals surface area contributed by atoms with E-state index in [1.165, 1.54) is 17.2 Å². The lowest BCUT2D eigenvalue weighted by molar-refractivity contribution is 0.475. The van der Waals surface area contributed by atoms with E-state index in [2.05, 4.69) is 20.7 Å². The van der Waals surface area contributed by atoms with Crippen molar-refractivity contribution in [1.29, 1.82) is 0 Å². The van der Waals surface area contributed by atoms with Crippen LogP contribution in [0.3, 0.4) is 0 Å². The highest BCUT2D eigenvalue weighted by Gasteiger charge is 2.04. The van der Waals surface area contributed by atoms with Gasteiger partial charge in [-0.05, 0) is 16.8 Å². The maximum atomic E-state index is 9.94. The SMILES string of the molecule is Nn1cnnc1N/N=C\c1c(O)ccc2ccccc12. The first-order valence-electron chi connectivity index (χ1n) is 5.90. The number of phenolic OH excluding ortho intramolecular Hbond substituents is 1. The molecule has 0 radical (unpaired) electrons. The van der Waals surface area contributed by atoms with Gasteiger partial charge in [-0.2, -0.15) is 5.10 Å². The molecule has 0 unspecified atom stereocenters. The maximum Gasteiger partial charge on any atom is 0.263 e. The van der Waals surface area contributed by atoms with Crippen molar-refractivity contribution in [3.05, 3.63) is 48.3 Å². The number of anilines is 1. The quantitative estimate of drug-likeness (QED) is 0.377. The molecule has 1 aromatic heterocycles. The van der Waals surface area contributed by atoms with E-state index in [-0.39, 0.29) is 5.75 Å². The van der Waals surface area contributed by atoms with Crippen molar-refractivity contribution in [2.24, 2.45) is 5.10 Å². The summed E-state index contributed by atoms with van der Waals surface area (Å²) in [6, 6.07) is 11.2. The van der Waals surface area contributed by atoms with E-state index in [0.29, 0.717) is 11.5 Å². The third-order valence-electron chi connectivity index (χ3n) is 2.88. The summed E-state index contributed by atoms with van der Waals surface area (Å²) in [7, 11) is 0. The van der Waals surface area contributed by atoms with Gasteiger partial charge in [-0.3, -0.25) is 0 Å². The van der Waals surface area contributed by atoms with Gasteiger partial charge in [0.05, 0.1) is 6.21 Å². The molecule has 4 N–H and O–H groups in total. The first-order valence-corrected chi connectivity index (χ1v) is 5.90. The van der Waals surface area contributed by atoms with Crippen LogP contribution in [-0.2, 0) is 0 Å². The van der Waals surface area contributed by atoms with E-state index < -0.39 is 0 Å². The van der Waals surface area contributed by atoms with Gasteiger partial charge in [-0.1, -0.05) is 30.3 Å². The molecule has 0 aliphatic carbocycles. The number of nitrogens with two attached hydrogens (primary N) is 1. The van der Waals surface area contributed by atoms with Crippen molar-refractivity contribution >= 4 is 22.9 Å². The summed E-state index contributed by atoms with van der Waals surface area (Å²) in [6.45, 7) is 0. The third kappa shape index (κ3) is 2.12. The van der Waals surface area contributed by atoms with Crippen molar-refractivity contribution in [1.82, 2.24) is 14.9 Å². The topological polar surface area (TPSA) is 101 Å². The number of nitrogens with zero attached hydrogens (tertiary/aromatic N) is 4. The zero-order valence-corrected chi connectivity index (χ0v) is 10.4. The van der Waals surface area contributed by atoms with E-state index in [1.807, 2.05) is 30.3 Å². The molecule has 0 saturated heterocycles.